The summed E-state index contributed by atoms with van der Waals surface area (Å²) in [5, 5.41) is 0. The fourth-order valence-electron chi connectivity index (χ4n) is 2.48. The second-order valence-corrected chi connectivity index (χ2v) is 5.25. The molecule has 0 radical (unpaired) electrons. The molecule has 2 aromatic rings. The van der Waals surface area contributed by atoms with Crippen molar-refractivity contribution in [1.29, 1.82) is 0 Å². The van der Waals surface area contributed by atoms with E-state index in [0.29, 0.717) is 12.6 Å². The van der Waals surface area contributed by atoms with Crippen LogP contribution in [0.25, 0.3) is 0 Å². The van der Waals surface area contributed by atoms with Crippen LogP contribution in [0.15, 0.2) is 41.0 Å². The van der Waals surface area contributed by atoms with E-state index in [1.165, 1.54) is 29.7 Å². The highest BCUT2D eigenvalue weighted by atomic mass is 16.3. The standard InChI is InChI=1S/C16H20N2O/c1-12-9-15(5-4-13(12)10-17)18(14-6-7-14)11-16-3-2-8-19-16/h2-5,8-9,14H,6-7,10-11,17H2,1H3. The van der Waals surface area contributed by atoms with Gasteiger partial charge < -0.3 is 15.1 Å². The van der Waals surface area contributed by atoms with Gasteiger partial charge >= 0.3 is 0 Å². The Bertz CT molecular complexity index is 544. The summed E-state index contributed by atoms with van der Waals surface area (Å²) in [6.07, 6.45) is 4.29. The largest absolute Gasteiger partial charge is 0.467 e. The lowest BCUT2D eigenvalue weighted by molar-refractivity contribution is 0.501. The first-order chi connectivity index (χ1) is 9.28. The third-order valence-corrected chi connectivity index (χ3v) is 3.77. The van der Waals surface area contributed by atoms with Gasteiger partial charge in [-0.05, 0) is 55.2 Å². The molecule has 3 nitrogen and oxygen atoms in total. The Morgan fingerprint density at radius 2 is 2.16 bits per heavy atom. The fourth-order valence-corrected chi connectivity index (χ4v) is 2.48. The molecule has 0 spiro atoms. The Morgan fingerprint density at radius 3 is 2.74 bits per heavy atom. The number of furan rings is 1. The Morgan fingerprint density at radius 1 is 1.32 bits per heavy atom. The molecule has 1 aliphatic carbocycles. The highest BCUT2D eigenvalue weighted by Crippen LogP contribution is 2.34. The number of hydrogen-bond donors (Lipinski definition) is 1. The molecule has 0 saturated heterocycles. The maximum absolute atomic E-state index is 5.73. The maximum atomic E-state index is 5.73. The second-order valence-electron chi connectivity index (χ2n) is 5.25. The lowest BCUT2D eigenvalue weighted by atomic mass is 10.1. The lowest BCUT2D eigenvalue weighted by Crippen LogP contribution is -2.24. The summed E-state index contributed by atoms with van der Waals surface area (Å²) in [6, 6.07) is 11.2. The molecule has 0 amide bonds. The van der Waals surface area contributed by atoms with E-state index < -0.39 is 0 Å². The van der Waals surface area contributed by atoms with E-state index in [1.807, 2.05) is 12.1 Å². The Balaban J connectivity index is 1.85. The third kappa shape index (κ3) is 2.66. The molecule has 2 N–H and O–H groups in total. The molecule has 1 aliphatic rings. The van der Waals surface area contributed by atoms with Gasteiger partial charge in [-0.2, -0.15) is 0 Å². The zero-order valence-corrected chi connectivity index (χ0v) is 11.3. The number of rotatable bonds is 5. The minimum Gasteiger partial charge on any atom is -0.467 e. The first kappa shape index (κ1) is 12.3. The summed E-state index contributed by atoms with van der Waals surface area (Å²) in [6.45, 7) is 3.58. The molecule has 0 bridgehead atoms. The molecule has 0 atom stereocenters. The van der Waals surface area contributed by atoms with Gasteiger partial charge in [-0.15, -0.1) is 0 Å². The summed E-state index contributed by atoms with van der Waals surface area (Å²) in [5.41, 5.74) is 9.49. The molecule has 1 aromatic heterocycles. The van der Waals surface area contributed by atoms with Crippen LogP contribution in [0.4, 0.5) is 5.69 Å². The first-order valence-electron chi connectivity index (χ1n) is 6.86. The third-order valence-electron chi connectivity index (χ3n) is 3.77. The van der Waals surface area contributed by atoms with Crippen molar-refractivity contribution in [2.75, 3.05) is 4.90 Å². The predicted molar refractivity (Wildman–Crippen MR) is 77.0 cm³/mol. The SMILES string of the molecule is Cc1cc(N(Cc2ccco2)C2CC2)ccc1CN. The normalized spacial score (nSPS) is 14.6. The van der Waals surface area contributed by atoms with Crippen molar-refractivity contribution < 1.29 is 4.42 Å². The van der Waals surface area contributed by atoms with E-state index in [1.54, 1.807) is 6.26 Å². The quantitative estimate of drug-likeness (QED) is 0.893. The van der Waals surface area contributed by atoms with Crippen LogP contribution in [0.1, 0.15) is 29.7 Å². The van der Waals surface area contributed by atoms with Gasteiger partial charge in [0, 0.05) is 18.3 Å². The van der Waals surface area contributed by atoms with Gasteiger partial charge in [0.15, 0.2) is 0 Å². The minimum atomic E-state index is 0.605. The highest BCUT2D eigenvalue weighted by Gasteiger charge is 2.29. The molecular weight excluding hydrogens is 236 g/mol. The molecule has 3 heteroatoms. The van der Waals surface area contributed by atoms with Crippen molar-refractivity contribution in [3.8, 4) is 0 Å². The van der Waals surface area contributed by atoms with E-state index in [4.69, 9.17) is 10.2 Å². The van der Waals surface area contributed by atoms with Crippen LogP contribution < -0.4 is 10.6 Å². The fraction of sp³-hybridized carbons (Fsp3) is 0.375. The summed E-state index contributed by atoms with van der Waals surface area (Å²) < 4.78 is 5.48. The van der Waals surface area contributed by atoms with Crippen molar-refractivity contribution in [3.05, 3.63) is 53.5 Å². The molecule has 3 rings (SSSR count). The predicted octanol–water partition coefficient (Wildman–Crippen LogP) is 3.22. The summed E-state index contributed by atoms with van der Waals surface area (Å²) >= 11 is 0. The molecule has 1 heterocycles. The Labute approximate surface area is 114 Å². The van der Waals surface area contributed by atoms with E-state index in [2.05, 4.69) is 30.0 Å². The summed E-state index contributed by atoms with van der Waals surface area (Å²) in [5.74, 6) is 1.02. The first-order valence-corrected chi connectivity index (χ1v) is 6.86. The molecule has 1 fully saturated rings. The molecule has 0 unspecified atom stereocenters. The van der Waals surface area contributed by atoms with Crippen molar-refractivity contribution in [3.63, 3.8) is 0 Å². The summed E-state index contributed by atoms with van der Waals surface area (Å²) in [4.78, 5) is 2.44. The van der Waals surface area contributed by atoms with Gasteiger partial charge in [-0.1, -0.05) is 6.07 Å². The number of aryl methyl sites for hydroxylation is 1. The molecule has 19 heavy (non-hydrogen) atoms. The summed E-state index contributed by atoms with van der Waals surface area (Å²) in [7, 11) is 0. The van der Waals surface area contributed by atoms with Crippen LogP contribution in [0.2, 0.25) is 0 Å². The van der Waals surface area contributed by atoms with E-state index in [0.717, 1.165) is 12.3 Å². The maximum Gasteiger partial charge on any atom is 0.123 e. The van der Waals surface area contributed by atoms with Crippen molar-refractivity contribution in [2.45, 2.75) is 38.9 Å². The Kier molecular flexibility index (Phi) is 3.30. The van der Waals surface area contributed by atoms with Gasteiger partial charge in [0.2, 0.25) is 0 Å². The lowest BCUT2D eigenvalue weighted by Gasteiger charge is -2.24. The van der Waals surface area contributed by atoms with Gasteiger partial charge in [0.1, 0.15) is 5.76 Å². The van der Waals surface area contributed by atoms with Gasteiger partial charge in [0.25, 0.3) is 0 Å². The number of nitrogens with zero attached hydrogens (tertiary/aromatic N) is 1. The van der Waals surface area contributed by atoms with Crippen LogP contribution in [0.5, 0.6) is 0 Å². The average Bonchev–Trinajstić information content (AvgIpc) is 3.13. The van der Waals surface area contributed by atoms with Crippen LogP contribution in [0.3, 0.4) is 0 Å². The zero-order valence-electron chi connectivity index (χ0n) is 11.3. The van der Waals surface area contributed by atoms with Crippen LogP contribution >= 0.6 is 0 Å². The smallest absolute Gasteiger partial charge is 0.123 e. The molecular formula is C16H20N2O. The van der Waals surface area contributed by atoms with Gasteiger partial charge in [-0.25, -0.2) is 0 Å². The molecule has 100 valence electrons. The van der Waals surface area contributed by atoms with Gasteiger partial charge in [0.05, 0.1) is 12.8 Å². The van der Waals surface area contributed by atoms with Crippen molar-refractivity contribution in [2.24, 2.45) is 5.73 Å². The molecule has 1 aromatic carbocycles. The second kappa shape index (κ2) is 5.10. The molecule has 1 saturated carbocycles. The van der Waals surface area contributed by atoms with E-state index in [-0.39, 0.29) is 0 Å². The molecule has 0 aliphatic heterocycles. The number of nitrogens with two attached hydrogens (primary N) is 1. The number of hydrogen-bond acceptors (Lipinski definition) is 3. The van der Waals surface area contributed by atoms with Gasteiger partial charge in [-0.3, -0.25) is 0 Å². The number of benzene rings is 1. The number of anilines is 1. The van der Waals surface area contributed by atoms with Crippen LogP contribution in [0, 0.1) is 6.92 Å². The highest BCUT2D eigenvalue weighted by molar-refractivity contribution is 5.52. The monoisotopic (exact) mass is 256 g/mol. The van der Waals surface area contributed by atoms with E-state index >= 15 is 0 Å². The van der Waals surface area contributed by atoms with E-state index in [9.17, 15) is 0 Å². The average molecular weight is 256 g/mol. The van der Waals surface area contributed by atoms with Crippen molar-refractivity contribution in [1.82, 2.24) is 0 Å². The zero-order chi connectivity index (χ0) is 13.2. The van der Waals surface area contributed by atoms with Crippen LogP contribution in [-0.4, -0.2) is 6.04 Å². The minimum absolute atomic E-state index is 0.605. The topological polar surface area (TPSA) is 42.4 Å². The van der Waals surface area contributed by atoms with Crippen molar-refractivity contribution >= 4 is 5.69 Å². The Hall–Kier alpha value is -1.74. The van der Waals surface area contributed by atoms with Crippen LogP contribution in [-0.2, 0) is 13.1 Å².